The largest absolute Gasteiger partial charge is 0.440 e. The summed E-state index contributed by atoms with van der Waals surface area (Å²) in [7, 11) is 0. The summed E-state index contributed by atoms with van der Waals surface area (Å²) in [6.07, 6.45) is 1.57. The predicted octanol–water partition coefficient (Wildman–Crippen LogP) is 2.65. The summed E-state index contributed by atoms with van der Waals surface area (Å²) in [5.74, 6) is -0.510. The van der Waals surface area contributed by atoms with E-state index in [9.17, 15) is 9.59 Å². The summed E-state index contributed by atoms with van der Waals surface area (Å²) in [5.41, 5.74) is 1.23. The highest BCUT2D eigenvalue weighted by molar-refractivity contribution is 7.71. The van der Waals surface area contributed by atoms with Crippen molar-refractivity contribution in [2.45, 2.75) is 13.7 Å². The molecule has 5 nitrogen and oxygen atoms in total. The van der Waals surface area contributed by atoms with Gasteiger partial charge < -0.3 is 4.74 Å². The van der Waals surface area contributed by atoms with Gasteiger partial charge >= 0.3 is 5.97 Å². The lowest BCUT2D eigenvalue weighted by Crippen LogP contribution is -2.18. The number of aromatic nitrogens is 2. The van der Waals surface area contributed by atoms with E-state index in [2.05, 4.69) is 11.6 Å². The van der Waals surface area contributed by atoms with Crippen LogP contribution in [0.1, 0.15) is 6.92 Å². The average molecular weight is 302 g/mol. The number of carbonyl (C=O) groups is 1. The van der Waals surface area contributed by atoms with Crippen LogP contribution in [0.25, 0.3) is 11.1 Å². The first kappa shape index (κ1) is 14.9. The van der Waals surface area contributed by atoms with Crippen molar-refractivity contribution in [3.8, 4) is 11.1 Å². The minimum absolute atomic E-state index is 0.0822. The van der Waals surface area contributed by atoms with Gasteiger partial charge in [0.2, 0.25) is 0 Å². The van der Waals surface area contributed by atoms with Crippen LogP contribution in [0.5, 0.6) is 0 Å². The van der Waals surface area contributed by atoms with Crippen LogP contribution in [0.2, 0.25) is 0 Å². The van der Waals surface area contributed by atoms with Crippen LogP contribution in [0.4, 0.5) is 0 Å². The zero-order valence-corrected chi connectivity index (χ0v) is 12.3. The molecule has 0 saturated heterocycles. The smallest absolute Gasteiger partial charge is 0.334 e. The summed E-state index contributed by atoms with van der Waals surface area (Å²) in [6.45, 7) is 4.98. The third-order valence-corrected chi connectivity index (χ3v) is 3.12. The lowest BCUT2D eigenvalue weighted by Gasteiger charge is -2.10. The second-order valence-corrected chi connectivity index (χ2v) is 4.87. The second kappa shape index (κ2) is 6.32. The number of esters is 1. The molecule has 1 aromatic carbocycles. The standard InChI is InChI=1S/C15H14N2O3S/c1-10(2)14(19)20-9-17-8-12(13(18)16-15(17)21)11-6-4-3-5-7-11/h3-8H,1,9H2,2H3,(H,16,18,21). The summed E-state index contributed by atoms with van der Waals surface area (Å²) in [4.78, 5) is 26.0. The molecule has 0 saturated carbocycles. The van der Waals surface area contributed by atoms with Gasteiger partial charge in [-0.05, 0) is 24.7 Å². The molecule has 6 heteroatoms. The Bertz CT molecular complexity index is 791. The molecular formula is C15H14N2O3S. The first-order valence-electron chi connectivity index (χ1n) is 6.21. The normalized spacial score (nSPS) is 10.1. The van der Waals surface area contributed by atoms with Crippen molar-refractivity contribution < 1.29 is 9.53 Å². The zero-order chi connectivity index (χ0) is 15.4. The van der Waals surface area contributed by atoms with E-state index in [0.29, 0.717) is 11.1 Å². The van der Waals surface area contributed by atoms with E-state index in [-0.39, 0.29) is 17.1 Å². The van der Waals surface area contributed by atoms with Gasteiger partial charge in [0, 0.05) is 11.8 Å². The number of hydrogen-bond acceptors (Lipinski definition) is 4. The minimum atomic E-state index is -0.510. The fourth-order valence-electron chi connectivity index (χ4n) is 1.68. The van der Waals surface area contributed by atoms with Gasteiger partial charge in [-0.15, -0.1) is 0 Å². The molecule has 0 amide bonds. The zero-order valence-electron chi connectivity index (χ0n) is 11.5. The molecular weight excluding hydrogens is 288 g/mol. The summed E-state index contributed by atoms with van der Waals surface area (Å²) in [5, 5.41) is 0. The maximum Gasteiger partial charge on any atom is 0.334 e. The van der Waals surface area contributed by atoms with Crippen LogP contribution in [-0.2, 0) is 16.3 Å². The fourth-order valence-corrected chi connectivity index (χ4v) is 1.88. The molecule has 0 aliphatic carbocycles. The highest BCUT2D eigenvalue weighted by Gasteiger charge is 2.07. The van der Waals surface area contributed by atoms with Crippen molar-refractivity contribution in [1.82, 2.24) is 9.55 Å². The van der Waals surface area contributed by atoms with Crippen LogP contribution in [-0.4, -0.2) is 15.5 Å². The van der Waals surface area contributed by atoms with Crippen LogP contribution in [0.15, 0.2) is 53.5 Å². The molecule has 0 spiro atoms. The van der Waals surface area contributed by atoms with Crippen molar-refractivity contribution in [1.29, 1.82) is 0 Å². The van der Waals surface area contributed by atoms with E-state index in [1.165, 1.54) is 4.57 Å². The van der Waals surface area contributed by atoms with Crippen molar-refractivity contribution >= 4 is 18.2 Å². The highest BCUT2D eigenvalue weighted by Crippen LogP contribution is 2.13. The number of hydrogen-bond donors (Lipinski definition) is 1. The molecule has 0 aliphatic rings. The van der Waals surface area contributed by atoms with Gasteiger partial charge in [0.1, 0.15) is 0 Å². The van der Waals surface area contributed by atoms with Gasteiger partial charge in [0.05, 0.1) is 5.56 Å². The maximum atomic E-state index is 12.0. The van der Waals surface area contributed by atoms with Gasteiger partial charge in [-0.3, -0.25) is 14.3 Å². The molecule has 108 valence electrons. The summed E-state index contributed by atoms with van der Waals surface area (Å²) < 4.78 is 6.71. The molecule has 21 heavy (non-hydrogen) atoms. The number of aromatic amines is 1. The molecule has 0 fully saturated rings. The second-order valence-electron chi connectivity index (χ2n) is 4.48. The van der Waals surface area contributed by atoms with Crippen LogP contribution in [0.3, 0.4) is 0 Å². The third kappa shape index (κ3) is 3.55. The molecule has 1 N–H and O–H groups in total. The molecule has 2 rings (SSSR count). The molecule has 0 atom stereocenters. The number of ether oxygens (including phenoxy) is 1. The summed E-state index contributed by atoms with van der Waals surface area (Å²) in [6, 6.07) is 9.17. The molecule has 2 aromatic rings. The first-order chi connectivity index (χ1) is 9.99. The lowest BCUT2D eigenvalue weighted by molar-refractivity contribution is -0.142. The number of carbonyl (C=O) groups excluding carboxylic acids is 1. The van der Waals surface area contributed by atoms with Gasteiger partial charge in [-0.1, -0.05) is 36.9 Å². The van der Waals surface area contributed by atoms with Crippen molar-refractivity contribution in [3.05, 3.63) is 63.8 Å². The van der Waals surface area contributed by atoms with Crippen molar-refractivity contribution in [3.63, 3.8) is 0 Å². The maximum absolute atomic E-state index is 12.0. The summed E-state index contributed by atoms with van der Waals surface area (Å²) >= 11 is 5.06. The first-order valence-corrected chi connectivity index (χ1v) is 6.61. The van der Waals surface area contributed by atoms with E-state index >= 15 is 0 Å². The van der Waals surface area contributed by atoms with Gasteiger partial charge in [0.25, 0.3) is 5.56 Å². The number of rotatable bonds is 4. The lowest BCUT2D eigenvalue weighted by atomic mass is 10.1. The van der Waals surface area contributed by atoms with Crippen molar-refractivity contribution in [2.24, 2.45) is 0 Å². The van der Waals surface area contributed by atoms with E-state index in [1.807, 2.05) is 30.3 Å². The van der Waals surface area contributed by atoms with Gasteiger partial charge in [-0.25, -0.2) is 4.79 Å². The highest BCUT2D eigenvalue weighted by atomic mass is 32.1. The Labute approximate surface area is 126 Å². The van der Waals surface area contributed by atoms with Crippen LogP contribution >= 0.6 is 12.2 Å². The minimum Gasteiger partial charge on any atom is -0.440 e. The Morgan fingerprint density at radius 3 is 2.67 bits per heavy atom. The van der Waals surface area contributed by atoms with Gasteiger partial charge in [0.15, 0.2) is 11.5 Å². The molecule has 0 unspecified atom stereocenters. The average Bonchev–Trinajstić information content (AvgIpc) is 2.46. The number of nitrogens with one attached hydrogen (secondary N) is 1. The molecule has 0 aliphatic heterocycles. The topological polar surface area (TPSA) is 64.1 Å². The third-order valence-electron chi connectivity index (χ3n) is 2.78. The van der Waals surface area contributed by atoms with Crippen LogP contribution < -0.4 is 5.56 Å². The van der Waals surface area contributed by atoms with Crippen LogP contribution in [0, 0.1) is 4.77 Å². The Balaban J connectivity index is 2.36. The molecule has 1 heterocycles. The monoisotopic (exact) mass is 302 g/mol. The van der Waals surface area contributed by atoms with Crippen molar-refractivity contribution in [2.75, 3.05) is 0 Å². The molecule has 0 radical (unpaired) electrons. The Kier molecular flexibility index (Phi) is 4.49. The molecule has 0 bridgehead atoms. The van der Waals surface area contributed by atoms with Gasteiger partial charge in [-0.2, -0.15) is 0 Å². The predicted molar refractivity (Wildman–Crippen MR) is 82.2 cm³/mol. The number of benzene rings is 1. The van der Waals surface area contributed by atoms with E-state index < -0.39 is 5.97 Å². The fraction of sp³-hybridized carbons (Fsp3) is 0.133. The van der Waals surface area contributed by atoms with E-state index in [1.54, 1.807) is 13.1 Å². The molecule has 1 aromatic heterocycles. The number of H-pyrrole nitrogens is 1. The van der Waals surface area contributed by atoms with E-state index in [4.69, 9.17) is 17.0 Å². The Hall–Kier alpha value is -2.47. The quantitative estimate of drug-likeness (QED) is 0.536. The van der Waals surface area contributed by atoms with E-state index in [0.717, 1.165) is 5.56 Å². The Morgan fingerprint density at radius 1 is 1.38 bits per heavy atom. The SMILES string of the molecule is C=C(C)C(=O)OCn1cc(-c2ccccc2)c(=O)[nH]c1=S. The number of nitrogens with zero attached hydrogens (tertiary/aromatic N) is 1. The Morgan fingerprint density at radius 2 is 2.05 bits per heavy atom.